The molecule has 10 heteroatoms. The highest BCUT2D eigenvalue weighted by Crippen LogP contribution is 2.28. The van der Waals surface area contributed by atoms with Crippen molar-refractivity contribution in [3.05, 3.63) is 59.9 Å². The van der Waals surface area contributed by atoms with Crippen molar-refractivity contribution < 1.29 is 26.0 Å². The molecule has 2 bridgehead atoms. The van der Waals surface area contributed by atoms with Crippen LogP contribution in [0.1, 0.15) is 5.56 Å². The summed E-state index contributed by atoms with van der Waals surface area (Å²) in [4.78, 5) is -0.192. The fourth-order valence-electron chi connectivity index (χ4n) is 3.66. The minimum absolute atomic E-state index is 0.0346. The molecule has 0 spiro atoms. The SMILES string of the molecule is Cc1ccc(S(=O)(=O)N2C[C@@H]3CN(S(=O)(=O)c4ccccc4F)C[C@H](C2)O3)cc1. The molecule has 2 aliphatic rings. The first-order valence-corrected chi connectivity index (χ1v) is 12.0. The van der Waals surface area contributed by atoms with Crippen LogP contribution in [0.5, 0.6) is 0 Å². The summed E-state index contributed by atoms with van der Waals surface area (Å²) in [6.45, 7) is 1.88. The van der Waals surface area contributed by atoms with E-state index in [1.165, 1.54) is 26.8 Å². The van der Waals surface area contributed by atoms with E-state index in [9.17, 15) is 21.2 Å². The van der Waals surface area contributed by atoms with Crippen LogP contribution >= 0.6 is 0 Å². The Morgan fingerprint density at radius 2 is 1.34 bits per heavy atom. The molecule has 0 amide bonds. The number of morpholine rings is 2. The van der Waals surface area contributed by atoms with E-state index in [0.717, 1.165) is 11.6 Å². The van der Waals surface area contributed by atoms with Crippen molar-refractivity contribution >= 4 is 20.0 Å². The van der Waals surface area contributed by atoms with Gasteiger partial charge in [0.25, 0.3) is 0 Å². The fourth-order valence-corrected chi connectivity index (χ4v) is 6.73. The smallest absolute Gasteiger partial charge is 0.246 e. The second kappa shape index (κ2) is 7.44. The van der Waals surface area contributed by atoms with Gasteiger partial charge in [-0.2, -0.15) is 8.61 Å². The molecule has 2 aromatic carbocycles. The molecule has 4 rings (SSSR count). The first-order valence-electron chi connectivity index (χ1n) is 9.15. The zero-order valence-electron chi connectivity index (χ0n) is 15.7. The number of aryl methyl sites for hydroxylation is 1. The van der Waals surface area contributed by atoms with Crippen molar-refractivity contribution in [3.63, 3.8) is 0 Å². The molecule has 0 N–H and O–H groups in total. The van der Waals surface area contributed by atoms with Gasteiger partial charge in [-0.15, -0.1) is 0 Å². The lowest BCUT2D eigenvalue weighted by Crippen LogP contribution is -2.61. The first-order chi connectivity index (χ1) is 13.7. The van der Waals surface area contributed by atoms with Crippen molar-refractivity contribution in [1.82, 2.24) is 8.61 Å². The molecule has 2 aliphatic heterocycles. The summed E-state index contributed by atoms with van der Waals surface area (Å²) in [6.07, 6.45) is -1.24. The van der Waals surface area contributed by atoms with Crippen molar-refractivity contribution in [2.45, 2.75) is 28.9 Å². The van der Waals surface area contributed by atoms with Crippen molar-refractivity contribution in [3.8, 4) is 0 Å². The maximum atomic E-state index is 14.0. The van der Waals surface area contributed by atoms with E-state index in [2.05, 4.69) is 0 Å². The van der Waals surface area contributed by atoms with Gasteiger partial charge in [0.15, 0.2) is 0 Å². The summed E-state index contributed by atoms with van der Waals surface area (Å²) in [5.41, 5.74) is 0.955. The maximum absolute atomic E-state index is 14.0. The number of hydrogen-bond acceptors (Lipinski definition) is 5. The average molecular weight is 441 g/mol. The molecule has 29 heavy (non-hydrogen) atoms. The van der Waals surface area contributed by atoms with E-state index < -0.39 is 38.1 Å². The molecule has 7 nitrogen and oxygen atoms in total. The second-order valence-corrected chi connectivity index (χ2v) is 11.1. The Morgan fingerprint density at radius 3 is 1.90 bits per heavy atom. The Bertz CT molecular complexity index is 1110. The number of ether oxygens (including phenoxy) is 1. The minimum Gasteiger partial charge on any atom is -0.369 e. The third-order valence-electron chi connectivity index (χ3n) is 5.13. The standard InChI is InChI=1S/C19H21FN2O5S2/c1-14-6-8-17(9-7-14)28(23,24)21-10-15-12-22(13-16(11-21)27-15)29(25,26)19-5-3-2-4-18(19)20/h2-9,15-16H,10-13H2,1H3/t15-,16+. The Morgan fingerprint density at radius 1 is 0.828 bits per heavy atom. The summed E-state index contributed by atoms with van der Waals surface area (Å²) in [5.74, 6) is -0.812. The topological polar surface area (TPSA) is 84.0 Å². The summed E-state index contributed by atoms with van der Waals surface area (Å²) in [6, 6.07) is 11.8. The largest absolute Gasteiger partial charge is 0.369 e. The van der Waals surface area contributed by atoms with Gasteiger partial charge >= 0.3 is 0 Å². The van der Waals surface area contributed by atoms with Crippen molar-refractivity contribution in [2.75, 3.05) is 26.2 Å². The third kappa shape index (κ3) is 3.82. The van der Waals surface area contributed by atoms with Crippen LogP contribution in [0.15, 0.2) is 58.3 Å². The quantitative estimate of drug-likeness (QED) is 0.721. The predicted octanol–water partition coefficient (Wildman–Crippen LogP) is 1.60. The normalized spacial score (nSPS) is 23.8. The maximum Gasteiger partial charge on any atom is 0.246 e. The van der Waals surface area contributed by atoms with Gasteiger partial charge in [-0.25, -0.2) is 21.2 Å². The Kier molecular flexibility index (Phi) is 5.24. The second-order valence-electron chi connectivity index (χ2n) is 7.27. The van der Waals surface area contributed by atoms with Crippen molar-refractivity contribution in [1.29, 1.82) is 0 Å². The van der Waals surface area contributed by atoms with Crippen LogP contribution in [0.25, 0.3) is 0 Å². The third-order valence-corrected chi connectivity index (χ3v) is 8.84. The molecule has 0 radical (unpaired) electrons. The Hall–Kier alpha value is -1.85. The summed E-state index contributed by atoms with van der Waals surface area (Å²) in [7, 11) is -7.74. The first kappa shape index (κ1) is 20.4. The van der Waals surface area contributed by atoms with Crippen LogP contribution < -0.4 is 0 Å². The number of hydrogen-bond donors (Lipinski definition) is 0. The molecule has 0 unspecified atom stereocenters. The molecule has 2 atom stereocenters. The van der Waals surface area contributed by atoms with Gasteiger partial charge in [0, 0.05) is 26.2 Å². The molecular weight excluding hydrogens is 419 g/mol. The Labute approximate surface area is 169 Å². The van der Waals surface area contributed by atoms with Gasteiger partial charge in [0.2, 0.25) is 20.0 Å². The van der Waals surface area contributed by atoms with E-state index >= 15 is 0 Å². The Balaban J connectivity index is 1.55. The van der Waals surface area contributed by atoms with Crippen LogP contribution in [-0.2, 0) is 24.8 Å². The lowest BCUT2D eigenvalue weighted by molar-refractivity contribution is -0.104. The summed E-state index contributed by atoms with van der Waals surface area (Å²) in [5, 5.41) is 0. The molecule has 0 aliphatic carbocycles. The van der Waals surface area contributed by atoms with E-state index in [4.69, 9.17) is 4.74 Å². The van der Waals surface area contributed by atoms with Crippen LogP contribution in [-0.4, -0.2) is 63.8 Å². The number of halogens is 1. The number of nitrogens with zero attached hydrogens (tertiary/aromatic N) is 2. The number of benzene rings is 2. The van der Waals surface area contributed by atoms with Gasteiger partial charge in [0.1, 0.15) is 10.7 Å². The van der Waals surface area contributed by atoms with Gasteiger partial charge in [0.05, 0.1) is 17.1 Å². The zero-order valence-corrected chi connectivity index (χ0v) is 17.4. The zero-order chi connectivity index (χ0) is 20.8. The molecular formula is C19H21FN2O5S2. The van der Waals surface area contributed by atoms with E-state index in [0.29, 0.717) is 0 Å². The molecule has 0 saturated carbocycles. The molecule has 2 saturated heterocycles. The summed E-state index contributed by atoms with van der Waals surface area (Å²) >= 11 is 0. The van der Waals surface area contributed by atoms with Crippen LogP contribution in [0.2, 0.25) is 0 Å². The predicted molar refractivity (Wildman–Crippen MR) is 104 cm³/mol. The lowest BCUT2D eigenvalue weighted by Gasteiger charge is -2.44. The number of rotatable bonds is 4. The lowest BCUT2D eigenvalue weighted by atomic mass is 10.2. The monoisotopic (exact) mass is 440 g/mol. The highest BCUT2D eigenvalue weighted by molar-refractivity contribution is 7.89. The summed E-state index contributed by atoms with van der Waals surface area (Å²) < 4.78 is 74.0. The molecule has 0 aromatic heterocycles. The van der Waals surface area contributed by atoms with E-state index in [1.54, 1.807) is 24.3 Å². The van der Waals surface area contributed by atoms with Crippen molar-refractivity contribution in [2.24, 2.45) is 0 Å². The molecule has 2 heterocycles. The van der Waals surface area contributed by atoms with Gasteiger partial charge in [-0.05, 0) is 31.2 Å². The number of fused-ring (bicyclic) bond motifs is 2. The molecule has 156 valence electrons. The number of sulfonamides is 2. The average Bonchev–Trinajstić information content (AvgIpc) is 2.67. The van der Waals surface area contributed by atoms with E-state index in [-0.39, 0.29) is 36.0 Å². The van der Waals surface area contributed by atoms with Crippen LogP contribution in [0, 0.1) is 12.7 Å². The van der Waals surface area contributed by atoms with E-state index in [1.807, 2.05) is 6.92 Å². The minimum atomic E-state index is -4.03. The van der Waals surface area contributed by atoms with Gasteiger partial charge in [-0.1, -0.05) is 29.8 Å². The highest BCUT2D eigenvalue weighted by Gasteiger charge is 2.43. The van der Waals surface area contributed by atoms with Gasteiger partial charge in [-0.3, -0.25) is 0 Å². The molecule has 2 aromatic rings. The molecule has 2 fully saturated rings. The van der Waals surface area contributed by atoms with Crippen LogP contribution in [0.3, 0.4) is 0 Å². The van der Waals surface area contributed by atoms with Crippen LogP contribution in [0.4, 0.5) is 4.39 Å². The fraction of sp³-hybridized carbons (Fsp3) is 0.368. The highest BCUT2D eigenvalue weighted by atomic mass is 32.2. The van der Waals surface area contributed by atoms with Gasteiger partial charge < -0.3 is 4.74 Å².